The van der Waals surface area contributed by atoms with E-state index < -0.39 is 0 Å². The lowest BCUT2D eigenvalue weighted by atomic mass is 10.3. The average molecular weight is 379 g/mol. The molecule has 0 aliphatic heterocycles. The van der Waals surface area contributed by atoms with Gasteiger partial charge in [0.05, 0.1) is 23.9 Å². The molecule has 0 spiro atoms. The Morgan fingerprint density at radius 3 is 2.72 bits per heavy atom. The number of carbonyl (C=O) groups excluding carboxylic acids is 1. The molecule has 1 amide bonds. The van der Waals surface area contributed by atoms with Gasteiger partial charge in [-0.2, -0.15) is 0 Å². The number of hydrogen-bond acceptors (Lipinski definition) is 6. The zero-order valence-corrected chi connectivity index (χ0v) is 15.1. The minimum Gasteiger partial charge on any atom is -0.497 e. The van der Waals surface area contributed by atoms with Crippen molar-refractivity contribution in [1.29, 1.82) is 0 Å². The number of para-hydroxylation sites is 1. The number of fused-ring (bicyclic) bond motifs is 1. The van der Waals surface area contributed by atoms with Gasteiger partial charge in [0.25, 0.3) is 5.91 Å². The fourth-order valence-corrected chi connectivity index (χ4v) is 3.28. The standard InChI is InChI=1S/C17H15ClN2O4S/c1-22-10-7-13(23-2)16-14(8-10)25-17(20-16)19-15(21)9-24-12-6-4-3-5-11(12)18/h3-8H,9H2,1-2H3,(H,19,20,21). The number of thiazole rings is 1. The van der Waals surface area contributed by atoms with Crippen molar-refractivity contribution >= 4 is 44.2 Å². The zero-order chi connectivity index (χ0) is 17.8. The summed E-state index contributed by atoms with van der Waals surface area (Å²) in [5, 5.41) is 3.62. The smallest absolute Gasteiger partial charge is 0.264 e. The van der Waals surface area contributed by atoms with Crippen LogP contribution < -0.4 is 19.5 Å². The predicted octanol–water partition coefficient (Wildman–Crippen LogP) is 3.98. The molecule has 1 aromatic heterocycles. The van der Waals surface area contributed by atoms with Gasteiger partial charge in [-0.15, -0.1) is 0 Å². The number of amides is 1. The van der Waals surface area contributed by atoms with Crippen molar-refractivity contribution < 1.29 is 19.0 Å². The largest absolute Gasteiger partial charge is 0.497 e. The Morgan fingerprint density at radius 1 is 1.20 bits per heavy atom. The molecule has 3 rings (SSSR count). The summed E-state index contributed by atoms with van der Waals surface area (Å²) in [7, 11) is 3.14. The van der Waals surface area contributed by atoms with Crippen LogP contribution in [0.25, 0.3) is 10.2 Å². The van der Waals surface area contributed by atoms with E-state index in [1.54, 1.807) is 44.6 Å². The molecular weight excluding hydrogens is 364 g/mol. The van der Waals surface area contributed by atoms with Crippen molar-refractivity contribution in [2.75, 3.05) is 26.1 Å². The number of methoxy groups -OCH3 is 2. The first-order chi connectivity index (χ1) is 12.1. The third kappa shape index (κ3) is 3.94. The van der Waals surface area contributed by atoms with E-state index in [0.717, 1.165) is 4.70 Å². The summed E-state index contributed by atoms with van der Waals surface area (Å²) in [6, 6.07) is 10.6. The van der Waals surface area contributed by atoms with Crippen LogP contribution >= 0.6 is 22.9 Å². The van der Waals surface area contributed by atoms with Gasteiger partial charge in [-0.25, -0.2) is 4.98 Å². The van der Waals surface area contributed by atoms with E-state index in [1.165, 1.54) is 11.3 Å². The number of anilines is 1. The molecule has 8 heteroatoms. The van der Waals surface area contributed by atoms with E-state index in [1.807, 2.05) is 6.07 Å². The highest BCUT2D eigenvalue weighted by atomic mass is 35.5. The zero-order valence-electron chi connectivity index (χ0n) is 13.5. The molecule has 0 radical (unpaired) electrons. The van der Waals surface area contributed by atoms with Crippen LogP contribution in [0.5, 0.6) is 17.2 Å². The van der Waals surface area contributed by atoms with Gasteiger partial charge in [0.1, 0.15) is 22.8 Å². The fourth-order valence-electron chi connectivity index (χ4n) is 2.16. The minimum atomic E-state index is -0.329. The van der Waals surface area contributed by atoms with Crippen LogP contribution in [-0.4, -0.2) is 31.7 Å². The van der Waals surface area contributed by atoms with Gasteiger partial charge in [-0.1, -0.05) is 35.1 Å². The van der Waals surface area contributed by atoms with Gasteiger partial charge in [0.15, 0.2) is 11.7 Å². The molecule has 0 atom stereocenters. The highest BCUT2D eigenvalue weighted by Crippen LogP contribution is 2.36. The highest BCUT2D eigenvalue weighted by molar-refractivity contribution is 7.22. The fraction of sp³-hybridized carbons (Fsp3) is 0.176. The second kappa shape index (κ2) is 7.58. The van der Waals surface area contributed by atoms with E-state index in [2.05, 4.69) is 10.3 Å². The van der Waals surface area contributed by atoms with Crippen LogP contribution in [-0.2, 0) is 4.79 Å². The van der Waals surface area contributed by atoms with Crippen LogP contribution in [0.2, 0.25) is 5.02 Å². The maximum absolute atomic E-state index is 12.1. The molecule has 0 unspecified atom stereocenters. The molecule has 0 saturated heterocycles. The maximum Gasteiger partial charge on any atom is 0.264 e. The van der Waals surface area contributed by atoms with E-state index in [-0.39, 0.29) is 12.5 Å². The van der Waals surface area contributed by atoms with Crippen LogP contribution in [0.15, 0.2) is 36.4 Å². The monoisotopic (exact) mass is 378 g/mol. The van der Waals surface area contributed by atoms with Gasteiger partial charge >= 0.3 is 0 Å². The highest BCUT2D eigenvalue weighted by Gasteiger charge is 2.14. The van der Waals surface area contributed by atoms with E-state index in [0.29, 0.717) is 32.9 Å². The first kappa shape index (κ1) is 17.3. The molecule has 1 N–H and O–H groups in total. The summed E-state index contributed by atoms with van der Waals surface area (Å²) in [6.07, 6.45) is 0. The van der Waals surface area contributed by atoms with Crippen molar-refractivity contribution in [1.82, 2.24) is 4.98 Å². The van der Waals surface area contributed by atoms with Crippen LogP contribution in [0.4, 0.5) is 5.13 Å². The van der Waals surface area contributed by atoms with Crippen LogP contribution in [0.1, 0.15) is 0 Å². The predicted molar refractivity (Wildman–Crippen MR) is 98.3 cm³/mol. The number of hydrogen-bond donors (Lipinski definition) is 1. The topological polar surface area (TPSA) is 69.7 Å². The number of rotatable bonds is 6. The number of ether oxygens (including phenoxy) is 3. The van der Waals surface area contributed by atoms with E-state index in [4.69, 9.17) is 25.8 Å². The number of benzene rings is 2. The lowest BCUT2D eigenvalue weighted by molar-refractivity contribution is -0.118. The summed E-state index contributed by atoms with van der Waals surface area (Å²) in [5.41, 5.74) is 0.663. The Bertz CT molecular complexity index is 913. The Kier molecular flexibility index (Phi) is 5.25. The first-order valence-electron chi connectivity index (χ1n) is 7.30. The molecule has 6 nitrogen and oxygen atoms in total. The summed E-state index contributed by atoms with van der Waals surface area (Å²) in [4.78, 5) is 16.5. The molecule has 3 aromatic rings. The van der Waals surface area contributed by atoms with Crippen molar-refractivity contribution in [3.63, 3.8) is 0 Å². The Morgan fingerprint density at radius 2 is 2.00 bits per heavy atom. The minimum absolute atomic E-state index is 0.167. The SMILES string of the molecule is COc1cc(OC)c2nc(NC(=O)COc3ccccc3Cl)sc2c1. The quantitative estimate of drug-likeness (QED) is 0.702. The molecule has 130 valence electrons. The summed E-state index contributed by atoms with van der Waals surface area (Å²) < 4.78 is 16.8. The average Bonchev–Trinajstić information content (AvgIpc) is 3.02. The molecule has 2 aromatic carbocycles. The Labute approximate surface area is 153 Å². The molecule has 0 aliphatic rings. The Balaban J connectivity index is 1.72. The van der Waals surface area contributed by atoms with Gasteiger partial charge < -0.3 is 14.2 Å². The van der Waals surface area contributed by atoms with E-state index in [9.17, 15) is 4.79 Å². The normalized spacial score (nSPS) is 10.5. The van der Waals surface area contributed by atoms with Crippen molar-refractivity contribution in [2.24, 2.45) is 0 Å². The molecule has 0 bridgehead atoms. The summed E-state index contributed by atoms with van der Waals surface area (Å²) in [5.74, 6) is 1.37. The third-order valence-electron chi connectivity index (χ3n) is 3.33. The molecule has 25 heavy (non-hydrogen) atoms. The number of carbonyl (C=O) groups is 1. The van der Waals surface area contributed by atoms with Crippen molar-refractivity contribution in [2.45, 2.75) is 0 Å². The Hall–Kier alpha value is -2.51. The van der Waals surface area contributed by atoms with Crippen molar-refractivity contribution in [3.8, 4) is 17.2 Å². The summed E-state index contributed by atoms with van der Waals surface area (Å²) >= 11 is 7.32. The van der Waals surface area contributed by atoms with Gasteiger partial charge in [0, 0.05) is 6.07 Å². The molecule has 0 saturated carbocycles. The first-order valence-corrected chi connectivity index (χ1v) is 8.50. The van der Waals surface area contributed by atoms with Gasteiger partial charge in [-0.3, -0.25) is 10.1 Å². The number of aromatic nitrogens is 1. The van der Waals surface area contributed by atoms with Gasteiger partial charge in [-0.05, 0) is 18.2 Å². The number of nitrogens with zero attached hydrogens (tertiary/aromatic N) is 1. The maximum atomic E-state index is 12.1. The molecular formula is C17H15ClN2O4S. The summed E-state index contributed by atoms with van der Waals surface area (Å²) in [6.45, 7) is -0.167. The third-order valence-corrected chi connectivity index (χ3v) is 4.56. The lowest BCUT2D eigenvalue weighted by Crippen LogP contribution is -2.20. The molecule has 0 fully saturated rings. The van der Waals surface area contributed by atoms with Crippen molar-refractivity contribution in [3.05, 3.63) is 41.4 Å². The van der Waals surface area contributed by atoms with E-state index >= 15 is 0 Å². The molecule has 0 aliphatic carbocycles. The second-order valence-corrected chi connectivity index (χ2v) is 6.40. The van der Waals surface area contributed by atoms with Crippen LogP contribution in [0, 0.1) is 0 Å². The molecule has 1 heterocycles. The number of nitrogens with one attached hydrogen (secondary N) is 1. The lowest BCUT2D eigenvalue weighted by Gasteiger charge is -2.06. The van der Waals surface area contributed by atoms with Gasteiger partial charge in [0.2, 0.25) is 0 Å². The van der Waals surface area contributed by atoms with Crippen LogP contribution in [0.3, 0.4) is 0 Å². The second-order valence-electron chi connectivity index (χ2n) is 4.96. The number of halogens is 1.